The largest absolute Gasteiger partial charge is 0.490 e. The molecule has 8 heteroatoms. The number of alkyl halides is 3. The SMILES string of the molecule is C=CCN1CCCC12CCCN(C(=O)CCc1ccccc1)C2.O=C(O)C(F)(F)F. The molecule has 0 saturated carbocycles. The number of aryl methyl sites for hydroxylation is 1. The number of benzene rings is 1. The summed E-state index contributed by atoms with van der Waals surface area (Å²) in [6.07, 6.45) is 3.22. The van der Waals surface area contributed by atoms with Gasteiger partial charge in [-0.15, -0.1) is 6.58 Å². The second-order valence-electron chi connectivity index (χ2n) is 7.77. The molecule has 2 aliphatic heterocycles. The van der Waals surface area contributed by atoms with Gasteiger partial charge in [0.05, 0.1) is 0 Å². The highest BCUT2D eigenvalue weighted by Crippen LogP contribution is 2.37. The molecule has 2 saturated heterocycles. The molecule has 166 valence electrons. The van der Waals surface area contributed by atoms with Gasteiger partial charge in [0, 0.05) is 31.6 Å². The first kappa shape index (κ1) is 23.9. The minimum Gasteiger partial charge on any atom is -0.475 e. The maximum Gasteiger partial charge on any atom is 0.490 e. The van der Waals surface area contributed by atoms with E-state index < -0.39 is 12.1 Å². The lowest BCUT2D eigenvalue weighted by Gasteiger charge is -2.46. The maximum atomic E-state index is 12.7. The van der Waals surface area contributed by atoms with Crippen LogP contribution in [0.5, 0.6) is 0 Å². The fraction of sp³-hybridized carbons (Fsp3) is 0.545. The van der Waals surface area contributed by atoms with Crippen molar-refractivity contribution in [3.8, 4) is 0 Å². The van der Waals surface area contributed by atoms with Crippen molar-refractivity contribution >= 4 is 11.9 Å². The van der Waals surface area contributed by atoms with E-state index in [0.29, 0.717) is 12.3 Å². The van der Waals surface area contributed by atoms with Gasteiger partial charge >= 0.3 is 12.1 Å². The van der Waals surface area contributed by atoms with Gasteiger partial charge in [-0.05, 0) is 44.2 Å². The van der Waals surface area contributed by atoms with Crippen LogP contribution < -0.4 is 0 Å². The number of carbonyl (C=O) groups excluding carboxylic acids is 1. The van der Waals surface area contributed by atoms with Gasteiger partial charge in [0.15, 0.2) is 0 Å². The van der Waals surface area contributed by atoms with Crippen LogP contribution in [0, 0.1) is 0 Å². The molecule has 0 radical (unpaired) electrons. The summed E-state index contributed by atoms with van der Waals surface area (Å²) in [6.45, 7) is 7.84. The maximum absolute atomic E-state index is 12.7. The van der Waals surface area contributed by atoms with E-state index in [1.165, 1.54) is 24.8 Å². The molecule has 1 aromatic rings. The molecule has 2 fully saturated rings. The highest BCUT2D eigenvalue weighted by atomic mass is 19.4. The van der Waals surface area contributed by atoms with E-state index in [9.17, 15) is 18.0 Å². The predicted molar refractivity (Wildman–Crippen MR) is 108 cm³/mol. The first-order chi connectivity index (χ1) is 14.2. The minimum atomic E-state index is -5.08. The summed E-state index contributed by atoms with van der Waals surface area (Å²) in [6, 6.07) is 10.3. The number of nitrogens with zero attached hydrogens (tertiary/aromatic N) is 2. The zero-order chi connectivity index (χ0) is 22.2. The molecule has 30 heavy (non-hydrogen) atoms. The summed E-state index contributed by atoms with van der Waals surface area (Å²) in [5.74, 6) is -2.44. The zero-order valence-corrected chi connectivity index (χ0v) is 17.0. The molecule has 1 spiro atoms. The number of carboxylic acids is 1. The Morgan fingerprint density at radius 2 is 1.73 bits per heavy atom. The average Bonchev–Trinajstić information content (AvgIpc) is 3.08. The Balaban J connectivity index is 0.000000396. The van der Waals surface area contributed by atoms with E-state index in [1.807, 2.05) is 24.3 Å². The number of aliphatic carboxylic acids is 1. The van der Waals surface area contributed by atoms with Crippen LogP contribution in [0.25, 0.3) is 0 Å². The summed E-state index contributed by atoms with van der Waals surface area (Å²) < 4.78 is 31.7. The van der Waals surface area contributed by atoms with Gasteiger partial charge in [-0.25, -0.2) is 4.79 Å². The van der Waals surface area contributed by atoms with E-state index in [2.05, 4.69) is 28.5 Å². The smallest absolute Gasteiger partial charge is 0.475 e. The summed E-state index contributed by atoms with van der Waals surface area (Å²) in [4.78, 5) is 26.2. The van der Waals surface area contributed by atoms with Crippen molar-refractivity contribution in [1.82, 2.24) is 9.80 Å². The molecule has 1 unspecified atom stereocenters. The van der Waals surface area contributed by atoms with E-state index in [0.717, 1.165) is 39.0 Å². The number of rotatable bonds is 5. The number of amides is 1. The molecular weight excluding hydrogens is 397 g/mol. The normalized spacial score (nSPS) is 21.8. The van der Waals surface area contributed by atoms with Crippen molar-refractivity contribution in [2.24, 2.45) is 0 Å². The quantitative estimate of drug-likeness (QED) is 0.726. The standard InChI is InChI=1S/C20H28N2O.C2HF3O2/c1-2-14-22-16-7-13-20(22)12-6-15-21(17-20)19(23)11-10-18-8-4-3-5-9-18;3-2(4,5)1(6)7/h2-5,8-9H,1,6-7,10-17H2;(H,6,7). The van der Waals surface area contributed by atoms with Gasteiger partial charge in [0.1, 0.15) is 0 Å². The molecule has 3 rings (SSSR count). The Morgan fingerprint density at radius 3 is 2.30 bits per heavy atom. The average molecular weight is 426 g/mol. The van der Waals surface area contributed by atoms with Crippen LogP contribution in [-0.2, 0) is 16.0 Å². The molecule has 1 amide bonds. The first-order valence-corrected chi connectivity index (χ1v) is 10.2. The molecule has 0 bridgehead atoms. The van der Waals surface area contributed by atoms with Crippen LogP contribution in [0.4, 0.5) is 13.2 Å². The van der Waals surface area contributed by atoms with Crippen LogP contribution in [0.1, 0.15) is 37.7 Å². The lowest BCUT2D eigenvalue weighted by Crippen LogP contribution is -2.56. The fourth-order valence-electron chi connectivity index (χ4n) is 4.28. The molecular formula is C22H29F3N2O3. The Labute approximate surface area is 175 Å². The third kappa shape index (κ3) is 6.58. The van der Waals surface area contributed by atoms with Crippen LogP contribution in [0.15, 0.2) is 43.0 Å². The highest BCUT2D eigenvalue weighted by Gasteiger charge is 2.44. The van der Waals surface area contributed by atoms with Crippen LogP contribution in [0.3, 0.4) is 0 Å². The van der Waals surface area contributed by atoms with E-state index in [1.54, 1.807) is 0 Å². The Hall–Kier alpha value is -2.35. The van der Waals surface area contributed by atoms with Crippen molar-refractivity contribution in [2.75, 3.05) is 26.2 Å². The molecule has 2 aliphatic rings. The van der Waals surface area contributed by atoms with Crippen LogP contribution in [0.2, 0.25) is 0 Å². The van der Waals surface area contributed by atoms with E-state index in [-0.39, 0.29) is 5.54 Å². The number of halogens is 3. The van der Waals surface area contributed by atoms with Crippen LogP contribution >= 0.6 is 0 Å². The van der Waals surface area contributed by atoms with Gasteiger partial charge in [-0.2, -0.15) is 13.2 Å². The number of hydrogen-bond donors (Lipinski definition) is 1. The fourth-order valence-corrected chi connectivity index (χ4v) is 4.28. The third-order valence-corrected chi connectivity index (χ3v) is 5.71. The lowest BCUT2D eigenvalue weighted by atomic mass is 9.86. The van der Waals surface area contributed by atoms with Crippen molar-refractivity contribution in [1.29, 1.82) is 0 Å². The first-order valence-electron chi connectivity index (χ1n) is 10.2. The highest BCUT2D eigenvalue weighted by molar-refractivity contribution is 5.76. The van der Waals surface area contributed by atoms with Gasteiger partial charge in [-0.1, -0.05) is 36.4 Å². The number of likely N-dealkylation sites (tertiary alicyclic amines) is 2. The lowest BCUT2D eigenvalue weighted by molar-refractivity contribution is -0.192. The molecule has 1 atom stereocenters. The summed E-state index contributed by atoms with van der Waals surface area (Å²) in [5.41, 5.74) is 1.47. The monoisotopic (exact) mass is 426 g/mol. The number of carboxylic acid groups (broad SMARTS) is 1. The van der Waals surface area contributed by atoms with Crippen molar-refractivity contribution in [2.45, 2.75) is 50.2 Å². The van der Waals surface area contributed by atoms with Gasteiger partial charge in [0.2, 0.25) is 5.91 Å². The summed E-state index contributed by atoms with van der Waals surface area (Å²) in [7, 11) is 0. The van der Waals surface area contributed by atoms with Gasteiger partial charge in [-0.3, -0.25) is 9.69 Å². The number of hydrogen-bond acceptors (Lipinski definition) is 3. The summed E-state index contributed by atoms with van der Waals surface area (Å²) >= 11 is 0. The zero-order valence-electron chi connectivity index (χ0n) is 17.0. The summed E-state index contributed by atoms with van der Waals surface area (Å²) in [5, 5.41) is 7.12. The van der Waals surface area contributed by atoms with Crippen molar-refractivity contribution in [3.63, 3.8) is 0 Å². The Kier molecular flexibility index (Phi) is 8.46. The molecule has 2 heterocycles. The van der Waals surface area contributed by atoms with Gasteiger partial charge in [0.25, 0.3) is 0 Å². The third-order valence-electron chi connectivity index (χ3n) is 5.71. The molecule has 0 aliphatic carbocycles. The van der Waals surface area contributed by atoms with Crippen molar-refractivity contribution in [3.05, 3.63) is 48.6 Å². The second-order valence-corrected chi connectivity index (χ2v) is 7.77. The Bertz CT molecular complexity index is 724. The van der Waals surface area contributed by atoms with Gasteiger partial charge < -0.3 is 10.0 Å². The Morgan fingerprint density at radius 1 is 1.13 bits per heavy atom. The molecule has 1 aromatic carbocycles. The van der Waals surface area contributed by atoms with E-state index >= 15 is 0 Å². The van der Waals surface area contributed by atoms with Crippen LogP contribution in [-0.4, -0.2) is 64.7 Å². The molecule has 1 N–H and O–H groups in total. The minimum absolute atomic E-state index is 0.217. The molecule has 0 aromatic heterocycles. The second kappa shape index (κ2) is 10.6. The molecule has 5 nitrogen and oxygen atoms in total. The predicted octanol–water partition coefficient (Wildman–Crippen LogP) is 3.90. The number of piperidine rings is 1. The number of carbonyl (C=O) groups is 2. The topological polar surface area (TPSA) is 60.9 Å². The van der Waals surface area contributed by atoms with E-state index in [4.69, 9.17) is 9.90 Å². The van der Waals surface area contributed by atoms with Crippen molar-refractivity contribution < 1.29 is 27.9 Å².